The van der Waals surface area contributed by atoms with Crippen LogP contribution < -0.4 is 14.8 Å². The molecule has 0 spiro atoms. The number of carbonyl (C=O) groups excluding carboxylic acids is 1. The van der Waals surface area contributed by atoms with Crippen molar-refractivity contribution in [3.05, 3.63) is 89.5 Å². The maximum Gasteiger partial charge on any atom is 0.160 e. The number of Topliss-reactive ketones (excluding diaryl/α,β-unsaturated/α-hetero) is 1. The van der Waals surface area contributed by atoms with Crippen LogP contribution in [0, 0.1) is 0 Å². The number of unbranched alkanes of at least 4 members (excludes halogenated alkanes) is 4. The second kappa shape index (κ2) is 18.2. The van der Waals surface area contributed by atoms with Gasteiger partial charge in [0.1, 0.15) is 5.78 Å². The molecule has 0 saturated heterocycles. The van der Waals surface area contributed by atoms with Gasteiger partial charge in [0.2, 0.25) is 0 Å². The van der Waals surface area contributed by atoms with E-state index >= 15 is 0 Å². The van der Waals surface area contributed by atoms with Crippen LogP contribution in [0.2, 0.25) is 0 Å². The van der Waals surface area contributed by atoms with Crippen molar-refractivity contribution in [2.24, 2.45) is 0 Å². The normalized spacial score (nSPS) is 13.3. The van der Waals surface area contributed by atoms with Crippen molar-refractivity contribution < 1.29 is 24.5 Å². The number of hydrogen-bond acceptors (Lipinski definition) is 6. The minimum Gasteiger partial charge on any atom is -0.493 e. The third-order valence-corrected chi connectivity index (χ3v) is 7.77. The molecule has 3 atom stereocenters. The van der Waals surface area contributed by atoms with Crippen LogP contribution in [0.25, 0.3) is 0 Å². The number of ether oxygens (including phenoxy) is 2. The van der Waals surface area contributed by atoms with E-state index in [0.29, 0.717) is 30.8 Å². The molecule has 0 radical (unpaired) electrons. The molecule has 0 fully saturated rings. The lowest BCUT2D eigenvalue weighted by molar-refractivity contribution is -0.121. The molecule has 6 heteroatoms. The van der Waals surface area contributed by atoms with E-state index in [4.69, 9.17) is 9.47 Å². The van der Waals surface area contributed by atoms with Gasteiger partial charge in [-0.15, -0.1) is 0 Å². The first-order valence-corrected chi connectivity index (χ1v) is 15.4. The Morgan fingerprint density at radius 2 is 1.45 bits per heavy atom. The van der Waals surface area contributed by atoms with Crippen LogP contribution in [0.1, 0.15) is 75.0 Å². The third kappa shape index (κ3) is 11.9. The van der Waals surface area contributed by atoms with Crippen molar-refractivity contribution >= 4 is 11.5 Å². The van der Waals surface area contributed by atoms with Gasteiger partial charge < -0.3 is 25.0 Å². The Morgan fingerprint density at radius 3 is 2.19 bits per heavy atom. The summed E-state index contributed by atoms with van der Waals surface area (Å²) in [7, 11) is 3.20. The molecule has 3 rings (SSSR count). The molecule has 0 aliphatic carbocycles. The van der Waals surface area contributed by atoms with Crippen molar-refractivity contribution in [2.75, 3.05) is 19.5 Å². The number of methoxy groups -OCH3 is 2. The molecule has 0 heterocycles. The molecular weight excluding hydrogens is 526 g/mol. The van der Waals surface area contributed by atoms with Gasteiger partial charge >= 0.3 is 0 Å². The number of hydrogen-bond donors (Lipinski definition) is 3. The number of carbonyl (C=O) groups is 1. The zero-order chi connectivity index (χ0) is 30.2. The predicted molar refractivity (Wildman–Crippen MR) is 171 cm³/mol. The van der Waals surface area contributed by atoms with Crippen molar-refractivity contribution in [2.45, 2.75) is 95.8 Å². The highest BCUT2D eigenvalue weighted by Gasteiger charge is 2.16. The highest BCUT2D eigenvalue weighted by Crippen LogP contribution is 2.28. The Kier molecular flexibility index (Phi) is 14.4. The monoisotopic (exact) mass is 575 g/mol. The van der Waals surface area contributed by atoms with Crippen LogP contribution in [0.4, 0.5) is 5.69 Å². The zero-order valence-electron chi connectivity index (χ0n) is 25.6. The fourth-order valence-electron chi connectivity index (χ4n) is 5.27. The lowest BCUT2D eigenvalue weighted by Gasteiger charge is -2.23. The van der Waals surface area contributed by atoms with Gasteiger partial charge in [0, 0.05) is 18.5 Å². The number of rotatable bonds is 20. The molecule has 3 N–H and O–H groups in total. The van der Waals surface area contributed by atoms with Gasteiger partial charge in [-0.3, -0.25) is 4.79 Å². The summed E-state index contributed by atoms with van der Waals surface area (Å²) in [6.45, 7) is 1.84. The van der Waals surface area contributed by atoms with Gasteiger partial charge in [-0.2, -0.15) is 0 Å². The molecular formula is C36H49NO5. The lowest BCUT2D eigenvalue weighted by Crippen LogP contribution is -2.33. The summed E-state index contributed by atoms with van der Waals surface area (Å²) in [5.41, 5.74) is 4.57. The largest absolute Gasteiger partial charge is 0.493 e. The van der Waals surface area contributed by atoms with Crippen molar-refractivity contribution in [3.8, 4) is 11.5 Å². The van der Waals surface area contributed by atoms with Gasteiger partial charge in [0.15, 0.2) is 11.5 Å². The first-order valence-electron chi connectivity index (χ1n) is 15.4. The molecule has 6 nitrogen and oxygen atoms in total. The zero-order valence-corrected chi connectivity index (χ0v) is 25.6. The second-order valence-corrected chi connectivity index (χ2v) is 11.3. The van der Waals surface area contributed by atoms with Crippen LogP contribution in [0.3, 0.4) is 0 Å². The molecule has 0 aromatic heterocycles. The van der Waals surface area contributed by atoms with Crippen LogP contribution in [0.5, 0.6) is 11.5 Å². The second-order valence-electron chi connectivity index (χ2n) is 11.3. The maximum absolute atomic E-state index is 12.4. The fourth-order valence-corrected chi connectivity index (χ4v) is 5.27. The van der Waals surface area contributed by atoms with E-state index in [1.165, 1.54) is 11.1 Å². The van der Waals surface area contributed by atoms with Gasteiger partial charge in [-0.25, -0.2) is 0 Å². The quantitative estimate of drug-likeness (QED) is 0.127. The Hall–Kier alpha value is -3.35. The van der Waals surface area contributed by atoms with Crippen molar-refractivity contribution in [1.29, 1.82) is 0 Å². The van der Waals surface area contributed by atoms with E-state index in [2.05, 4.69) is 41.7 Å². The van der Waals surface area contributed by atoms with Crippen LogP contribution in [-0.2, 0) is 24.1 Å². The fraction of sp³-hybridized carbons (Fsp3) is 0.472. The van der Waals surface area contributed by atoms with Crippen LogP contribution in [-0.4, -0.2) is 48.5 Å². The van der Waals surface area contributed by atoms with E-state index in [0.717, 1.165) is 56.2 Å². The van der Waals surface area contributed by atoms with Crippen LogP contribution in [0.15, 0.2) is 72.8 Å². The molecule has 0 aliphatic heterocycles. The summed E-state index contributed by atoms with van der Waals surface area (Å²) in [6.07, 6.45) is 8.07. The highest BCUT2D eigenvalue weighted by molar-refractivity contribution is 5.79. The minimum atomic E-state index is -0.564. The number of anilines is 1. The SMILES string of the molecule is COc1ccc(CCC(=O)C[C@@H](O)CCCCCCCc2cccc(N[C@H](Cc3ccccc3)[C@H](C)O)c2)cc1OC. The standard InChI is InChI=1S/C36H49NO5/c1-27(38)34(24-29-14-9-7-10-15-29)37-31-17-12-16-28(23-31)13-8-5-4-6-11-18-32(39)26-33(40)21-19-30-20-22-35(41-2)36(25-30)42-3/h7,9-10,12,14-17,20,22-23,25,27,32,34,37-39H,4-6,8,11,13,18-19,21,24,26H2,1-3H3/t27-,32-,34+/m0/s1. The number of aliphatic hydroxyl groups excluding tert-OH is 2. The topological polar surface area (TPSA) is 88.0 Å². The highest BCUT2D eigenvalue weighted by atomic mass is 16.5. The summed E-state index contributed by atoms with van der Waals surface area (Å²) in [5, 5.41) is 24.2. The van der Waals surface area contributed by atoms with Crippen molar-refractivity contribution in [1.82, 2.24) is 0 Å². The molecule has 228 valence electrons. The molecule has 42 heavy (non-hydrogen) atoms. The van der Waals surface area contributed by atoms with E-state index in [9.17, 15) is 15.0 Å². The molecule has 0 saturated carbocycles. The first kappa shape index (κ1) is 33.2. The van der Waals surface area contributed by atoms with Crippen LogP contribution >= 0.6 is 0 Å². The van der Waals surface area contributed by atoms with E-state index < -0.39 is 12.2 Å². The van der Waals surface area contributed by atoms with E-state index in [-0.39, 0.29) is 18.2 Å². The van der Waals surface area contributed by atoms with Gasteiger partial charge in [0.25, 0.3) is 0 Å². The molecule has 0 amide bonds. The molecule has 0 unspecified atom stereocenters. The average molecular weight is 576 g/mol. The number of aliphatic hydroxyl groups is 2. The van der Waals surface area contributed by atoms with Gasteiger partial charge in [0.05, 0.1) is 32.5 Å². The summed E-state index contributed by atoms with van der Waals surface area (Å²) in [4.78, 5) is 12.4. The minimum absolute atomic E-state index is 0.0501. The molecule has 0 bridgehead atoms. The Morgan fingerprint density at radius 1 is 0.762 bits per heavy atom. The van der Waals surface area contributed by atoms with E-state index in [1.54, 1.807) is 14.2 Å². The van der Waals surface area contributed by atoms with Crippen molar-refractivity contribution in [3.63, 3.8) is 0 Å². The predicted octanol–water partition coefficient (Wildman–Crippen LogP) is 6.94. The van der Waals surface area contributed by atoms with Gasteiger partial charge in [-0.1, -0.05) is 74.2 Å². The maximum atomic E-state index is 12.4. The summed E-state index contributed by atoms with van der Waals surface area (Å²) in [5.74, 6) is 1.42. The third-order valence-electron chi connectivity index (χ3n) is 7.77. The lowest BCUT2D eigenvalue weighted by atomic mass is 9.99. The summed E-state index contributed by atoms with van der Waals surface area (Å²) in [6, 6.07) is 24.4. The number of aryl methyl sites for hydroxylation is 2. The first-order chi connectivity index (χ1) is 20.4. The molecule has 3 aromatic carbocycles. The average Bonchev–Trinajstić information content (AvgIpc) is 2.99. The number of benzene rings is 3. The smallest absolute Gasteiger partial charge is 0.160 e. The summed E-state index contributed by atoms with van der Waals surface area (Å²) < 4.78 is 10.6. The summed E-state index contributed by atoms with van der Waals surface area (Å²) >= 11 is 0. The molecule has 3 aromatic rings. The Labute approximate surface area is 252 Å². The van der Waals surface area contributed by atoms with Gasteiger partial charge in [-0.05, 0) is 80.0 Å². The Bertz CT molecular complexity index is 1200. The Balaban J connectivity index is 1.28. The van der Waals surface area contributed by atoms with E-state index in [1.807, 2.05) is 43.3 Å². The molecule has 0 aliphatic rings. The number of nitrogens with one attached hydrogen (secondary N) is 1. The number of ketones is 1.